The van der Waals surface area contributed by atoms with Crippen LogP contribution in [0.3, 0.4) is 0 Å². The Bertz CT molecular complexity index is 304. The van der Waals surface area contributed by atoms with Crippen molar-refractivity contribution in [1.29, 1.82) is 0 Å². The number of amides is 1. The predicted molar refractivity (Wildman–Crippen MR) is 64.7 cm³/mol. The zero-order valence-corrected chi connectivity index (χ0v) is 11.0. The number of likely N-dealkylation sites (tertiary alicyclic amines) is 1. The van der Waals surface area contributed by atoms with Crippen molar-refractivity contribution in [2.24, 2.45) is 5.41 Å². The highest BCUT2D eigenvalue weighted by atomic mass is 16.6. The number of nitrogens with zero attached hydrogens (tertiary/aromatic N) is 1. The first kappa shape index (κ1) is 12.7. The van der Waals surface area contributed by atoms with Gasteiger partial charge in [0, 0.05) is 6.54 Å². The second-order valence-corrected chi connectivity index (χ2v) is 6.46. The summed E-state index contributed by atoms with van der Waals surface area (Å²) in [6, 6.07) is -0.0545. The minimum atomic E-state index is -0.466. The number of ether oxygens (including phenoxy) is 1. The zero-order valence-electron chi connectivity index (χ0n) is 11.0. The summed E-state index contributed by atoms with van der Waals surface area (Å²) in [5.41, 5.74) is -0.0300. The smallest absolute Gasteiger partial charge is 0.410 e. The van der Waals surface area contributed by atoms with E-state index in [4.69, 9.17) is 4.74 Å². The van der Waals surface area contributed by atoms with Gasteiger partial charge in [0.25, 0.3) is 0 Å². The standard InChI is InChI=1S/C13H23NO3/c1-12(2,3)17-11(16)14-7-6-13(4-5-13)8-10(14)9-15/h10,15H,4-9H2,1-3H3/t10-/m1/s1. The van der Waals surface area contributed by atoms with Gasteiger partial charge in [0.1, 0.15) is 5.60 Å². The normalized spacial score (nSPS) is 27.1. The highest BCUT2D eigenvalue weighted by Gasteiger charge is 2.49. The molecule has 4 heteroatoms. The van der Waals surface area contributed by atoms with Crippen LogP contribution in [0.25, 0.3) is 0 Å². The second kappa shape index (κ2) is 4.16. The summed E-state index contributed by atoms with van der Waals surface area (Å²) in [7, 11) is 0. The Morgan fingerprint density at radius 1 is 1.41 bits per heavy atom. The average molecular weight is 241 g/mol. The maximum Gasteiger partial charge on any atom is 0.410 e. The quantitative estimate of drug-likeness (QED) is 0.765. The zero-order chi connectivity index (χ0) is 12.7. The molecule has 0 aromatic heterocycles. The number of carbonyl (C=O) groups is 1. The molecular weight excluding hydrogens is 218 g/mol. The Kier molecular flexibility index (Phi) is 3.10. The molecule has 0 aromatic rings. The Balaban J connectivity index is 1.97. The molecule has 4 nitrogen and oxygen atoms in total. The fraction of sp³-hybridized carbons (Fsp3) is 0.923. The lowest BCUT2D eigenvalue weighted by Gasteiger charge is -2.39. The fourth-order valence-electron chi connectivity index (χ4n) is 2.61. The maximum absolute atomic E-state index is 12.0. The monoisotopic (exact) mass is 241 g/mol. The van der Waals surface area contributed by atoms with E-state index in [0.29, 0.717) is 5.41 Å². The van der Waals surface area contributed by atoms with Gasteiger partial charge in [0.05, 0.1) is 12.6 Å². The van der Waals surface area contributed by atoms with Crippen LogP contribution in [0.5, 0.6) is 0 Å². The van der Waals surface area contributed by atoms with Gasteiger partial charge in [-0.15, -0.1) is 0 Å². The third-order valence-corrected chi connectivity index (χ3v) is 3.79. The summed E-state index contributed by atoms with van der Waals surface area (Å²) >= 11 is 0. The van der Waals surface area contributed by atoms with Crippen LogP contribution < -0.4 is 0 Å². The molecule has 1 atom stereocenters. The van der Waals surface area contributed by atoms with E-state index in [-0.39, 0.29) is 18.7 Å². The minimum Gasteiger partial charge on any atom is -0.444 e. The maximum atomic E-state index is 12.0. The predicted octanol–water partition coefficient (Wildman–Crippen LogP) is 2.16. The van der Waals surface area contributed by atoms with Crippen LogP contribution in [-0.2, 0) is 4.74 Å². The third-order valence-electron chi connectivity index (χ3n) is 3.79. The Morgan fingerprint density at radius 2 is 2.06 bits per heavy atom. The topological polar surface area (TPSA) is 49.8 Å². The van der Waals surface area contributed by atoms with Crippen LogP contribution in [0.1, 0.15) is 46.5 Å². The van der Waals surface area contributed by atoms with Crippen molar-refractivity contribution in [3.8, 4) is 0 Å². The van der Waals surface area contributed by atoms with Gasteiger partial charge in [-0.1, -0.05) is 0 Å². The highest BCUT2D eigenvalue weighted by Crippen LogP contribution is 2.55. The number of aliphatic hydroxyl groups is 1. The van der Waals surface area contributed by atoms with Gasteiger partial charge in [0.2, 0.25) is 0 Å². The van der Waals surface area contributed by atoms with Crippen molar-refractivity contribution in [2.45, 2.75) is 58.1 Å². The number of hydrogen-bond donors (Lipinski definition) is 1. The molecule has 2 rings (SSSR count). The summed E-state index contributed by atoms with van der Waals surface area (Å²) in [5.74, 6) is 0. The molecule has 2 aliphatic rings. The van der Waals surface area contributed by atoms with Gasteiger partial charge in [-0.05, 0) is 51.9 Å². The molecule has 0 radical (unpaired) electrons. The Hall–Kier alpha value is -0.770. The van der Waals surface area contributed by atoms with Crippen molar-refractivity contribution in [1.82, 2.24) is 4.90 Å². The van der Waals surface area contributed by atoms with Crippen molar-refractivity contribution in [3.63, 3.8) is 0 Å². The van der Waals surface area contributed by atoms with Crippen molar-refractivity contribution in [2.75, 3.05) is 13.2 Å². The summed E-state index contributed by atoms with van der Waals surface area (Å²) in [6.07, 6.45) is 4.22. The first-order valence-electron chi connectivity index (χ1n) is 6.46. The van der Waals surface area contributed by atoms with Gasteiger partial charge in [-0.3, -0.25) is 0 Å². The number of carbonyl (C=O) groups excluding carboxylic acids is 1. The molecule has 1 amide bonds. The van der Waals surface area contributed by atoms with E-state index in [0.717, 1.165) is 19.4 Å². The van der Waals surface area contributed by atoms with Gasteiger partial charge >= 0.3 is 6.09 Å². The molecule has 1 saturated heterocycles. The Labute approximate surface area is 103 Å². The third kappa shape index (κ3) is 2.92. The van der Waals surface area contributed by atoms with E-state index in [9.17, 15) is 9.90 Å². The Morgan fingerprint density at radius 3 is 2.53 bits per heavy atom. The number of aliphatic hydroxyl groups excluding tert-OH is 1. The molecule has 98 valence electrons. The molecule has 0 unspecified atom stereocenters. The summed E-state index contributed by atoms with van der Waals surface area (Å²) in [5, 5.41) is 9.42. The van der Waals surface area contributed by atoms with Crippen molar-refractivity contribution >= 4 is 6.09 Å². The van der Waals surface area contributed by atoms with E-state index < -0.39 is 5.60 Å². The number of piperidine rings is 1. The highest BCUT2D eigenvalue weighted by molar-refractivity contribution is 5.68. The first-order chi connectivity index (χ1) is 7.85. The van der Waals surface area contributed by atoms with Gasteiger partial charge in [0.15, 0.2) is 0 Å². The largest absolute Gasteiger partial charge is 0.444 e. The molecule has 1 N–H and O–H groups in total. The molecule has 1 spiro atoms. The molecule has 2 fully saturated rings. The lowest BCUT2D eigenvalue weighted by atomic mass is 9.88. The second-order valence-electron chi connectivity index (χ2n) is 6.46. The molecular formula is C13H23NO3. The molecule has 1 aliphatic carbocycles. The molecule has 1 aliphatic heterocycles. The summed E-state index contributed by atoms with van der Waals surface area (Å²) in [6.45, 7) is 6.36. The van der Waals surface area contributed by atoms with Crippen molar-refractivity contribution in [3.05, 3.63) is 0 Å². The molecule has 0 aromatic carbocycles. The SMILES string of the molecule is CC(C)(C)OC(=O)N1CCC2(CC2)C[C@@H]1CO. The van der Waals surface area contributed by atoms with E-state index in [1.54, 1.807) is 4.90 Å². The first-order valence-corrected chi connectivity index (χ1v) is 6.46. The van der Waals surface area contributed by atoms with Crippen molar-refractivity contribution < 1.29 is 14.6 Å². The molecule has 0 bridgehead atoms. The van der Waals surface area contributed by atoms with E-state index >= 15 is 0 Å². The van der Waals surface area contributed by atoms with E-state index in [1.807, 2.05) is 20.8 Å². The average Bonchev–Trinajstić information content (AvgIpc) is 2.95. The van der Waals surface area contributed by atoms with Crippen LogP contribution >= 0.6 is 0 Å². The summed E-state index contributed by atoms with van der Waals surface area (Å²) in [4.78, 5) is 13.7. The lowest BCUT2D eigenvalue weighted by Crippen LogP contribution is -2.50. The van der Waals surface area contributed by atoms with Gasteiger partial charge in [-0.2, -0.15) is 0 Å². The lowest BCUT2D eigenvalue weighted by molar-refractivity contribution is -0.00687. The molecule has 1 saturated carbocycles. The number of rotatable bonds is 1. The van der Waals surface area contributed by atoms with Crippen LogP contribution in [-0.4, -0.2) is 40.9 Å². The van der Waals surface area contributed by atoms with Gasteiger partial charge in [-0.25, -0.2) is 4.79 Å². The molecule has 1 heterocycles. The van der Waals surface area contributed by atoms with Crippen LogP contribution in [0, 0.1) is 5.41 Å². The van der Waals surface area contributed by atoms with Crippen LogP contribution in [0.15, 0.2) is 0 Å². The van der Waals surface area contributed by atoms with Crippen LogP contribution in [0.2, 0.25) is 0 Å². The van der Waals surface area contributed by atoms with Crippen LogP contribution in [0.4, 0.5) is 4.79 Å². The van der Waals surface area contributed by atoms with E-state index in [2.05, 4.69) is 0 Å². The van der Waals surface area contributed by atoms with Gasteiger partial charge < -0.3 is 14.7 Å². The number of hydrogen-bond acceptors (Lipinski definition) is 3. The minimum absolute atomic E-state index is 0.0427. The van der Waals surface area contributed by atoms with E-state index in [1.165, 1.54) is 12.8 Å². The molecule has 17 heavy (non-hydrogen) atoms. The summed E-state index contributed by atoms with van der Waals surface area (Å²) < 4.78 is 5.37. The fourth-order valence-corrected chi connectivity index (χ4v) is 2.61.